The molecule has 32 heavy (non-hydrogen) atoms. The van der Waals surface area contributed by atoms with Gasteiger partial charge in [0.05, 0.1) is 24.0 Å². The molecule has 9 heteroatoms. The van der Waals surface area contributed by atoms with Crippen LogP contribution < -0.4 is 5.32 Å². The minimum Gasteiger partial charge on any atom is -0.462 e. The largest absolute Gasteiger partial charge is 0.462 e. The highest BCUT2D eigenvalue weighted by atomic mass is 32.2. The Morgan fingerprint density at radius 3 is 2.72 bits per heavy atom. The van der Waals surface area contributed by atoms with Gasteiger partial charge in [-0.05, 0) is 43.7 Å². The minimum atomic E-state index is -0.563. The quantitative estimate of drug-likeness (QED) is 0.455. The molecule has 2 aliphatic rings. The molecule has 0 unspecified atom stereocenters. The molecular formula is C23H24N2O4S3. The minimum absolute atomic E-state index is 0.000236. The molecule has 1 aromatic carbocycles. The standard InChI is InChI=1S/C23H24N2O4S3/c1-2-29-22(28)19-15-10-6-7-11-16(15)31-20(19)24-18(26)12-17-21(27)25(23(30)32-17)13-14-8-4-3-5-9-14/h3-5,8-9,17H,2,6-7,10-13H2,1H3,(H,24,26)/t17-/m1/s1. The molecule has 1 fully saturated rings. The van der Waals surface area contributed by atoms with Crippen LogP contribution in [0.3, 0.4) is 0 Å². The molecule has 1 saturated heterocycles. The van der Waals surface area contributed by atoms with Gasteiger partial charge in [-0.2, -0.15) is 0 Å². The van der Waals surface area contributed by atoms with Gasteiger partial charge in [0.25, 0.3) is 0 Å². The van der Waals surface area contributed by atoms with E-state index in [0.29, 0.717) is 21.4 Å². The molecule has 2 amide bonds. The fourth-order valence-electron chi connectivity index (χ4n) is 3.96. The van der Waals surface area contributed by atoms with Crippen molar-refractivity contribution in [2.75, 3.05) is 11.9 Å². The Morgan fingerprint density at radius 1 is 1.22 bits per heavy atom. The van der Waals surface area contributed by atoms with Crippen molar-refractivity contribution in [2.45, 2.75) is 50.8 Å². The van der Waals surface area contributed by atoms with Crippen LogP contribution in [0.2, 0.25) is 0 Å². The van der Waals surface area contributed by atoms with Gasteiger partial charge in [0, 0.05) is 11.3 Å². The Kier molecular flexibility index (Phi) is 7.27. The number of thiophene rings is 1. The van der Waals surface area contributed by atoms with E-state index >= 15 is 0 Å². The third kappa shape index (κ3) is 4.89. The number of hydrogen-bond donors (Lipinski definition) is 1. The summed E-state index contributed by atoms with van der Waals surface area (Å²) in [6, 6.07) is 9.63. The van der Waals surface area contributed by atoms with Crippen LogP contribution in [0, 0.1) is 0 Å². The first-order chi connectivity index (χ1) is 15.5. The smallest absolute Gasteiger partial charge is 0.341 e. The van der Waals surface area contributed by atoms with Gasteiger partial charge in [-0.3, -0.25) is 14.5 Å². The average molecular weight is 489 g/mol. The number of nitrogens with one attached hydrogen (secondary N) is 1. The van der Waals surface area contributed by atoms with Gasteiger partial charge < -0.3 is 10.1 Å². The molecule has 0 bridgehead atoms. The van der Waals surface area contributed by atoms with Crippen LogP contribution in [0.15, 0.2) is 30.3 Å². The lowest BCUT2D eigenvalue weighted by atomic mass is 9.95. The summed E-state index contributed by atoms with van der Waals surface area (Å²) in [5, 5.41) is 2.85. The summed E-state index contributed by atoms with van der Waals surface area (Å²) in [7, 11) is 0. The summed E-state index contributed by atoms with van der Waals surface area (Å²) in [4.78, 5) is 41.0. The van der Waals surface area contributed by atoms with E-state index < -0.39 is 11.2 Å². The predicted molar refractivity (Wildman–Crippen MR) is 131 cm³/mol. The SMILES string of the molecule is CCOC(=O)c1c(NC(=O)C[C@H]2SC(=S)N(Cc3ccccc3)C2=O)sc2c1CCCC2. The van der Waals surface area contributed by atoms with Gasteiger partial charge in [-0.1, -0.05) is 54.3 Å². The third-order valence-corrected chi connectivity index (χ3v) is 8.25. The number of carbonyl (C=O) groups excluding carboxylic acids is 3. The van der Waals surface area contributed by atoms with Gasteiger partial charge in [0.2, 0.25) is 11.8 Å². The normalized spacial score (nSPS) is 17.9. The van der Waals surface area contributed by atoms with E-state index in [4.69, 9.17) is 17.0 Å². The Labute approximate surface area is 200 Å². The fraction of sp³-hybridized carbons (Fsp3) is 0.391. The lowest BCUT2D eigenvalue weighted by Crippen LogP contribution is -2.32. The van der Waals surface area contributed by atoms with Crippen molar-refractivity contribution in [2.24, 2.45) is 0 Å². The van der Waals surface area contributed by atoms with Gasteiger partial charge in [0.15, 0.2) is 0 Å². The van der Waals surface area contributed by atoms with Crippen LogP contribution in [0.1, 0.15) is 52.5 Å². The van der Waals surface area contributed by atoms with Gasteiger partial charge >= 0.3 is 5.97 Å². The van der Waals surface area contributed by atoms with E-state index in [1.165, 1.54) is 23.1 Å². The molecule has 0 spiro atoms. The van der Waals surface area contributed by atoms with Crippen LogP contribution >= 0.6 is 35.3 Å². The van der Waals surface area contributed by atoms with E-state index in [2.05, 4.69) is 5.32 Å². The van der Waals surface area contributed by atoms with Crippen LogP contribution in [0.25, 0.3) is 0 Å². The summed E-state index contributed by atoms with van der Waals surface area (Å²) < 4.78 is 5.73. The number of nitrogens with zero attached hydrogens (tertiary/aromatic N) is 1. The monoisotopic (exact) mass is 488 g/mol. The van der Waals surface area contributed by atoms with Crippen molar-refractivity contribution in [3.05, 3.63) is 51.9 Å². The zero-order chi connectivity index (χ0) is 22.7. The zero-order valence-electron chi connectivity index (χ0n) is 17.7. The number of amides is 2. The second-order valence-corrected chi connectivity index (χ2v) is 10.6. The molecule has 1 aliphatic heterocycles. The second-order valence-electron chi connectivity index (χ2n) is 7.67. The maximum atomic E-state index is 12.9. The van der Waals surface area contributed by atoms with E-state index in [1.54, 1.807) is 11.8 Å². The maximum absolute atomic E-state index is 12.9. The van der Waals surface area contributed by atoms with Crippen molar-refractivity contribution in [3.8, 4) is 0 Å². The van der Waals surface area contributed by atoms with Crippen molar-refractivity contribution < 1.29 is 19.1 Å². The molecule has 6 nitrogen and oxygen atoms in total. The number of carbonyl (C=O) groups is 3. The van der Waals surface area contributed by atoms with Crippen LogP contribution in [0.5, 0.6) is 0 Å². The number of thioether (sulfide) groups is 1. The lowest BCUT2D eigenvalue weighted by Gasteiger charge is -2.15. The highest BCUT2D eigenvalue weighted by molar-refractivity contribution is 8.24. The number of ether oxygens (including phenoxy) is 1. The number of rotatable bonds is 7. The molecule has 1 atom stereocenters. The number of hydrogen-bond acceptors (Lipinski definition) is 7. The maximum Gasteiger partial charge on any atom is 0.341 e. The molecule has 2 aromatic rings. The molecule has 0 radical (unpaired) electrons. The van der Waals surface area contributed by atoms with E-state index in [1.807, 2.05) is 30.3 Å². The molecule has 2 heterocycles. The lowest BCUT2D eigenvalue weighted by molar-refractivity contribution is -0.128. The Morgan fingerprint density at radius 2 is 1.97 bits per heavy atom. The van der Waals surface area contributed by atoms with Gasteiger partial charge in [0.1, 0.15) is 9.32 Å². The zero-order valence-corrected chi connectivity index (χ0v) is 20.2. The highest BCUT2D eigenvalue weighted by Crippen LogP contribution is 2.39. The molecule has 1 aromatic heterocycles. The first-order valence-electron chi connectivity index (χ1n) is 10.6. The Bertz CT molecular complexity index is 1050. The molecule has 4 rings (SSSR count). The molecule has 0 saturated carbocycles. The number of aryl methyl sites for hydroxylation is 1. The van der Waals surface area contributed by atoms with Crippen molar-refractivity contribution in [3.63, 3.8) is 0 Å². The number of fused-ring (bicyclic) bond motifs is 1. The third-order valence-electron chi connectivity index (χ3n) is 5.46. The topological polar surface area (TPSA) is 75.7 Å². The summed E-state index contributed by atoms with van der Waals surface area (Å²) in [6.07, 6.45) is 3.81. The first-order valence-corrected chi connectivity index (χ1v) is 12.8. The van der Waals surface area contributed by atoms with Gasteiger partial charge in [-0.15, -0.1) is 11.3 Å². The van der Waals surface area contributed by atoms with Crippen LogP contribution in [0.4, 0.5) is 5.00 Å². The predicted octanol–water partition coefficient (Wildman–Crippen LogP) is 4.56. The van der Waals surface area contributed by atoms with Gasteiger partial charge in [-0.25, -0.2) is 4.79 Å². The fourth-order valence-corrected chi connectivity index (χ4v) is 6.74. The number of benzene rings is 1. The van der Waals surface area contributed by atoms with Crippen molar-refractivity contribution >= 4 is 62.4 Å². The summed E-state index contributed by atoms with van der Waals surface area (Å²) in [6.45, 7) is 2.44. The summed E-state index contributed by atoms with van der Waals surface area (Å²) >= 11 is 8.09. The first kappa shape index (κ1) is 22.9. The van der Waals surface area contributed by atoms with E-state index in [0.717, 1.165) is 41.7 Å². The van der Waals surface area contributed by atoms with Crippen molar-refractivity contribution in [1.82, 2.24) is 4.90 Å². The average Bonchev–Trinajstić information content (AvgIpc) is 3.26. The number of esters is 1. The Hall–Kier alpha value is -2.23. The highest BCUT2D eigenvalue weighted by Gasteiger charge is 2.38. The molecular weight excluding hydrogens is 464 g/mol. The van der Waals surface area contributed by atoms with Crippen molar-refractivity contribution in [1.29, 1.82) is 0 Å². The van der Waals surface area contributed by atoms with Crippen LogP contribution in [-0.2, 0) is 33.7 Å². The van der Waals surface area contributed by atoms with E-state index in [-0.39, 0.29) is 24.8 Å². The molecule has 1 aliphatic carbocycles. The second kappa shape index (κ2) is 10.1. The molecule has 1 N–H and O–H groups in total. The number of anilines is 1. The Balaban J connectivity index is 1.45. The van der Waals surface area contributed by atoms with Crippen LogP contribution in [-0.4, -0.2) is 38.9 Å². The van der Waals surface area contributed by atoms with E-state index in [9.17, 15) is 14.4 Å². The summed E-state index contributed by atoms with van der Waals surface area (Å²) in [5.41, 5.74) is 2.46. The summed E-state index contributed by atoms with van der Waals surface area (Å²) in [5.74, 6) is -0.858. The number of thiocarbonyl (C=S) groups is 1. The molecule has 168 valence electrons.